The van der Waals surface area contributed by atoms with E-state index >= 15 is 0 Å². The van der Waals surface area contributed by atoms with Crippen LogP contribution in [0.3, 0.4) is 0 Å². The van der Waals surface area contributed by atoms with E-state index in [1.807, 2.05) is 0 Å². The number of fused-ring (bicyclic) bond motifs is 2. The van der Waals surface area contributed by atoms with E-state index in [1.165, 1.54) is 121 Å². The van der Waals surface area contributed by atoms with Gasteiger partial charge in [0.2, 0.25) is 0 Å². The number of rotatable bonds is 12. The predicted octanol–water partition coefficient (Wildman–Crippen LogP) is 22.3. The number of hydrogen-bond donors (Lipinski definition) is 0. The molecule has 13 aromatic rings. The third-order valence-corrected chi connectivity index (χ3v) is 16.7. The summed E-state index contributed by atoms with van der Waals surface area (Å²) in [6.45, 7) is 17.5. The smallest absolute Gasteiger partial charge is 0.0543 e. The molecular formula is C80H66N2. The standard InChI is InChI=1S/C80H66N2/c1-51-12-29-61(30-13-51)73(62-31-14-52(2)15-32-62)49-59-25-41-67(42-26-59)81(65-37-20-55(5)21-38-65)75-47-46-72-78-58(8)48-76(69-10-9-11-71(79(69)78)77-57(7)24-45-70(75)80(72)77)82(66-39-22-56(6)23-40-66)68-43-27-60(28-44-68)50-74(63-33-16-53(3)17-34-63)64-35-18-54(4)19-36-64/h9-50H,1-8H3. The zero-order valence-corrected chi connectivity index (χ0v) is 48.1. The van der Waals surface area contributed by atoms with Crippen LogP contribution in [0.5, 0.6) is 0 Å². The van der Waals surface area contributed by atoms with E-state index in [2.05, 4.69) is 320 Å². The largest absolute Gasteiger partial charge is 0.310 e. The van der Waals surface area contributed by atoms with E-state index in [1.54, 1.807) is 0 Å². The molecule has 2 heteroatoms. The van der Waals surface area contributed by atoms with Gasteiger partial charge in [-0.15, -0.1) is 0 Å². The maximum absolute atomic E-state index is 2.46. The monoisotopic (exact) mass is 1050 g/mol. The first kappa shape index (κ1) is 51.7. The number of anilines is 6. The number of nitrogens with zero attached hydrogens (tertiary/aromatic N) is 2. The van der Waals surface area contributed by atoms with Crippen molar-refractivity contribution in [1.82, 2.24) is 0 Å². The first-order valence-electron chi connectivity index (χ1n) is 28.7. The Kier molecular flexibility index (Phi) is 13.5. The molecule has 13 aromatic carbocycles. The molecule has 0 atom stereocenters. The normalized spacial score (nSPS) is 11.4. The van der Waals surface area contributed by atoms with E-state index in [0.717, 1.165) is 45.3 Å². The van der Waals surface area contributed by atoms with Crippen molar-refractivity contribution in [2.24, 2.45) is 0 Å². The van der Waals surface area contributed by atoms with Gasteiger partial charge in [-0.3, -0.25) is 0 Å². The molecule has 0 aromatic heterocycles. The highest BCUT2D eigenvalue weighted by molar-refractivity contribution is 6.36. The molecule has 0 radical (unpaired) electrons. The fraction of sp³-hybridized carbons (Fsp3) is 0.100. The van der Waals surface area contributed by atoms with Crippen LogP contribution < -0.4 is 9.80 Å². The fourth-order valence-electron chi connectivity index (χ4n) is 12.2. The van der Waals surface area contributed by atoms with Crippen molar-refractivity contribution in [2.75, 3.05) is 9.80 Å². The van der Waals surface area contributed by atoms with Crippen LogP contribution in [0.15, 0.2) is 243 Å². The molecule has 0 aliphatic heterocycles. The molecule has 396 valence electrons. The van der Waals surface area contributed by atoms with Crippen molar-refractivity contribution < 1.29 is 0 Å². The molecule has 0 aliphatic rings. The minimum Gasteiger partial charge on any atom is -0.310 e. The van der Waals surface area contributed by atoms with Gasteiger partial charge in [0.25, 0.3) is 0 Å². The SMILES string of the molecule is Cc1ccc(C(=Cc2ccc(N(c3ccc(C)cc3)c3ccc4c5c(C)cc(N(c6ccc(C)cc6)c6ccc(C=C(c7ccc(C)cc7)c7ccc(C)cc7)cc6)c6cccc(c7c(C)ccc3c47)c65)cc2)c2ccc(C)cc2)cc1. The Labute approximate surface area is 483 Å². The topological polar surface area (TPSA) is 6.48 Å². The van der Waals surface area contributed by atoms with E-state index < -0.39 is 0 Å². The zero-order valence-electron chi connectivity index (χ0n) is 48.1. The van der Waals surface area contributed by atoms with Gasteiger partial charge in [0.05, 0.1) is 11.4 Å². The summed E-state index contributed by atoms with van der Waals surface area (Å²) in [5.41, 5.74) is 26.2. The van der Waals surface area contributed by atoms with Gasteiger partial charge in [0.15, 0.2) is 0 Å². The maximum atomic E-state index is 2.46. The Morgan fingerprint density at radius 1 is 0.256 bits per heavy atom. The van der Waals surface area contributed by atoms with Crippen LogP contribution in [0.2, 0.25) is 0 Å². The molecule has 0 saturated heterocycles. The van der Waals surface area contributed by atoms with Crippen LogP contribution in [0.25, 0.3) is 66.4 Å². The van der Waals surface area contributed by atoms with Crippen molar-refractivity contribution in [3.05, 3.63) is 321 Å². The van der Waals surface area contributed by atoms with E-state index in [4.69, 9.17) is 0 Å². The van der Waals surface area contributed by atoms with Gasteiger partial charge in [-0.25, -0.2) is 0 Å². The minimum absolute atomic E-state index is 1.10. The van der Waals surface area contributed by atoms with Crippen molar-refractivity contribution >= 4 is 101 Å². The molecular weight excluding hydrogens is 989 g/mol. The summed E-state index contributed by atoms with van der Waals surface area (Å²) in [7, 11) is 0. The van der Waals surface area contributed by atoms with Crippen LogP contribution in [0, 0.1) is 55.4 Å². The van der Waals surface area contributed by atoms with Gasteiger partial charge >= 0.3 is 0 Å². The van der Waals surface area contributed by atoms with Crippen LogP contribution in [-0.4, -0.2) is 0 Å². The summed E-state index contributed by atoms with van der Waals surface area (Å²) in [6, 6.07) is 90.6. The average molecular weight is 1060 g/mol. The lowest BCUT2D eigenvalue weighted by molar-refractivity contribution is 1.28. The minimum atomic E-state index is 1.10. The van der Waals surface area contributed by atoms with E-state index in [-0.39, 0.29) is 0 Å². The maximum Gasteiger partial charge on any atom is 0.0543 e. The van der Waals surface area contributed by atoms with Gasteiger partial charge in [-0.2, -0.15) is 0 Å². The first-order chi connectivity index (χ1) is 39.9. The second-order valence-corrected chi connectivity index (χ2v) is 22.7. The molecule has 0 spiro atoms. The summed E-state index contributed by atoms with van der Waals surface area (Å²) >= 11 is 0. The Morgan fingerprint density at radius 3 is 0.963 bits per heavy atom. The Balaban J connectivity index is 0.951. The highest BCUT2D eigenvalue weighted by atomic mass is 15.1. The van der Waals surface area contributed by atoms with Gasteiger partial charge in [-0.1, -0.05) is 215 Å². The summed E-state index contributed by atoms with van der Waals surface area (Å²) in [5, 5.41) is 10.2. The van der Waals surface area contributed by atoms with Crippen molar-refractivity contribution in [2.45, 2.75) is 55.4 Å². The Hall–Kier alpha value is -9.76. The van der Waals surface area contributed by atoms with E-state index in [9.17, 15) is 0 Å². The second-order valence-electron chi connectivity index (χ2n) is 22.7. The molecule has 0 bridgehead atoms. The van der Waals surface area contributed by atoms with Crippen molar-refractivity contribution in [1.29, 1.82) is 0 Å². The molecule has 0 fully saturated rings. The summed E-state index contributed by atoms with van der Waals surface area (Å²) in [6.07, 6.45) is 4.66. The lowest BCUT2D eigenvalue weighted by atomic mass is 9.85. The molecule has 0 amide bonds. The number of hydrogen-bond acceptors (Lipinski definition) is 2. The van der Waals surface area contributed by atoms with Crippen LogP contribution in [0.1, 0.15) is 77.9 Å². The predicted molar refractivity (Wildman–Crippen MR) is 355 cm³/mol. The van der Waals surface area contributed by atoms with Gasteiger partial charge in [0.1, 0.15) is 0 Å². The van der Waals surface area contributed by atoms with Gasteiger partial charge in [0, 0.05) is 33.5 Å². The molecule has 13 rings (SSSR count). The van der Waals surface area contributed by atoms with Crippen LogP contribution >= 0.6 is 0 Å². The summed E-state index contributed by atoms with van der Waals surface area (Å²) < 4.78 is 0. The lowest BCUT2D eigenvalue weighted by Gasteiger charge is -2.30. The Bertz CT molecular complexity index is 4420. The lowest BCUT2D eigenvalue weighted by Crippen LogP contribution is -2.11. The highest BCUT2D eigenvalue weighted by Crippen LogP contribution is 2.51. The molecule has 0 unspecified atom stereocenters. The molecule has 0 heterocycles. The zero-order chi connectivity index (χ0) is 56.2. The Morgan fingerprint density at radius 2 is 0.561 bits per heavy atom. The molecule has 82 heavy (non-hydrogen) atoms. The van der Waals surface area contributed by atoms with Gasteiger partial charge in [-0.05, 0) is 216 Å². The molecule has 0 N–H and O–H groups in total. The highest BCUT2D eigenvalue weighted by Gasteiger charge is 2.25. The summed E-state index contributed by atoms with van der Waals surface area (Å²) in [4.78, 5) is 4.91. The van der Waals surface area contributed by atoms with Gasteiger partial charge < -0.3 is 9.80 Å². The molecule has 0 aliphatic carbocycles. The average Bonchev–Trinajstić information content (AvgIpc) is 1.72. The third-order valence-electron chi connectivity index (χ3n) is 16.7. The van der Waals surface area contributed by atoms with Crippen LogP contribution in [0.4, 0.5) is 34.1 Å². The quantitative estimate of drug-likeness (QED) is 0.0683. The molecule has 2 nitrogen and oxygen atoms in total. The number of aryl methyl sites for hydroxylation is 8. The fourth-order valence-corrected chi connectivity index (χ4v) is 12.2. The van der Waals surface area contributed by atoms with E-state index in [0.29, 0.717) is 0 Å². The number of benzene rings is 13. The summed E-state index contributed by atoms with van der Waals surface area (Å²) in [5.74, 6) is 0. The van der Waals surface area contributed by atoms with Crippen molar-refractivity contribution in [3.63, 3.8) is 0 Å². The molecule has 0 saturated carbocycles. The second kappa shape index (κ2) is 21.4. The third kappa shape index (κ3) is 9.71. The first-order valence-corrected chi connectivity index (χ1v) is 28.7. The van der Waals surface area contributed by atoms with Crippen molar-refractivity contribution in [3.8, 4) is 0 Å². The van der Waals surface area contributed by atoms with Crippen LogP contribution in [-0.2, 0) is 0 Å².